The third kappa shape index (κ3) is 9.14. The molecule has 48 heavy (non-hydrogen) atoms. The molecule has 2 atom stereocenters. The monoisotopic (exact) mass is 693 g/mol. The molecule has 2 unspecified atom stereocenters. The van der Waals surface area contributed by atoms with Crippen molar-refractivity contribution < 1.29 is 46.8 Å². The second-order valence-electron chi connectivity index (χ2n) is 13.5. The number of hydrogen-bond donors (Lipinski definition) is 1. The van der Waals surface area contributed by atoms with Gasteiger partial charge in [0.25, 0.3) is 0 Å². The van der Waals surface area contributed by atoms with Gasteiger partial charge in [0.05, 0.1) is 17.9 Å². The lowest BCUT2D eigenvalue weighted by Gasteiger charge is -2.31. The Kier molecular flexibility index (Phi) is 10.7. The summed E-state index contributed by atoms with van der Waals surface area (Å²) in [6.45, 7) is 11.6. The van der Waals surface area contributed by atoms with Crippen molar-refractivity contribution >= 4 is 29.6 Å². The average molecular weight is 694 g/mol. The van der Waals surface area contributed by atoms with Crippen LogP contribution in [-0.2, 0) is 26.0 Å². The molecule has 1 aliphatic heterocycles. The van der Waals surface area contributed by atoms with Crippen LogP contribution in [0.1, 0.15) is 84.2 Å². The second kappa shape index (κ2) is 13.9. The van der Waals surface area contributed by atoms with Crippen LogP contribution in [0.25, 0.3) is 11.1 Å². The van der Waals surface area contributed by atoms with Crippen LogP contribution in [0.2, 0.25) is 5.02 Å². The van der Waals surface area contributed by atoms with Crippen molar-refractivity contribution in [3.63, 3.8) is 0 Å². The van der Waals surface area contributed by atoms with Crippen molar-refractivity contribution in [1.82, 2.24) is 9.97 Å². The highest BCUT2D eigenvalue weighted by atomic mass is 35.5. The number of alkyl halides is 3. The molecule has 1 aliphatic rings. The summed E-state index contributed by atoms with van der Waals surface area (Å²) < 4.78 is 64.6. The van der Waals surface area contributed by atoms with Crippen molar-refractivity contribution in [3.8, 4) is 16.9 Å². The molecule has 1 saturated heterocycles. The number of carbonyl (C=O) groups is 2. The highest BCUT2D eigenvalue weighted by Crippen LogP contribution is 2.40. The van der Waals surface area contributed by atoms with Crippen LogP contribution in [0.15, 0.2) is 48.8 Å². The number of nitrogens with zero attached hydrogens (tertiary/aromatic N) is 3. The van der Waals surface area contributed by atoms with Crippen LogP contribution in [0.5, 0.6) is 5.75 Å². The van der Waals surface area contributed by atoms with E-state index in [0.29, 0.717) is 41.2 Å². The maximum atomic E-state index is 14.0. The fraction of sp³-hybridized carbons (Fsp3) is 0.471. The lowest BCUT2D eigenvalue weighted by Crippen LogP contribution is -2.44. The number of carbonyl (C=O) groups excluding carboxylic acids is 2. The summed E-state index contributed by atoms with van der Waals surface area (Å²) in [5.74, 6) is -0.629. The number of anilines is 1. The molecule has 0 bridgehead atoms. The molecule has 0 saturated carbocycles. The normalized spacial score (nSPS) is 17.8. The van der Waals surface area contributed by atoms with Crippen LogP contribution in [0, 0.1) is 0 Å². The molecule has 0 spiro atoms. The van der Waals surface area contributed by atoms with E-state index in [0.717, 1.165) is 18.2 Å². The predicted molar refractivity (Wildman–Crippen MR) is 172 cm³/mol. The number of benzene rings is 1. The Morgan fingerprint density at radius 1 is 0.958 bits per heavy atom. The first-order valence-electron chi connectivity index (χ1n) is 15.2. The minimum Gasteiger partial charge on any atom is -0.482 e. The number of pyridine rings is 2. The van der Waals surface area contributed by atoms with Crippen LogP contribution < -0.4 is 9.64 Å². The maximum Gasteiger partial charge on any atom is 0.425 e. The van der Waals surface area contributed by atoms with Crippen molar-refractivity contribution in [3.05, 3.63) is 70.6 Å². The number of imide groups is 1. The van der Waals surface area contributed by atoms with Crippen molar-refractivity contribution in [2.24, 2.45) is 0 Å². The quantitative estimate of drug-likeness (QED) is 0.270. The van der Waals surface area contributed by atoms with Gasteiger partial charge in [0.1, 0.15) is 22.9 Å². The first-order valence-corrected chi connectivity index (χ1v) is 15.6. The number of halogens is 4. The Balaban J connectivity index is 1.85. The van der Waals surface area contributed by atoms with Crippen molar-refractivity contribution in [1.29, 1.82) is 0 Å². The zero-order chi connectivity index (χ0) is 35.7. The molecular weight excluding hydrogens is 655 g/mol. The van der Waals surface area contributed by atoms with Gasteiger partial charge in [-0.15, -0.1) is 0 Å². The molecule has 0 aliphatic carbocycles. The highest BCUT2D eigenvalue weighted by molar-refractivity contribution is 6.30. The lowest BCUT2D eigenvalue weighted by atomic mass is 9.92. The van der Waals surface area contributed by atoms with E-state index < -0.39 is 46.8 Å². The average Bonchev–Trinajstić information content (AvgIpc) is 2.96. The smallest absolute Gasteiger partial charge is 0.425 e. The SMILES string of the molecule is CC(Oc1cc(-c2ccc(C3(O)CCCOC3)nc2)cnc1N(C(=O)OC(C)(C)C)C(=O)OC(C)(C)C)c1cc(Cl)ccc1C(F)(F)F. The number of rotatable bonds is 6. The molecule has 10 nitrogen and oxygen atoms in total. The Labute approximate surface area is 282 Å². The van der Waals surface area contributed by atoms with Gasteiger partial charge in [-0.1, -0.05) is 17.7 Å². The molecule has 260 valence electrons. The molecule has 4 rings (SSSR count). The number of hydrogen-bond acceptors (Lipinski definition) is 9. The fourth-order valence-electron chi connectivity index (χ4n) is 4.92. The first kappa shape index (κ1) is 36.9. The molecule has 1 fully saturated rings. The molecule has 1 N–H and O–H groups in total. The van der Waals surface area contributed by atoms with E-state index in [9.17, 15) is 27.9 Å². The van der Waals surface area contributed by atoms with Crippen molar-refractivity contribution in [2.75, 3.05) is 18.1 Å². The molecule has 14 heteroatoms. The van der Waals surface area contributed by atoms with Crippen LogP contribution in [0.3, 0.4) is 0 Å². The number of ether oxygens (including phenoxy) is 4. The van der Waals surface area contributed by atoms with E-state index in [4.69, 9.17) is 30.5 Å². The molecule has 2 amide bonds. The third-order valence-corrected chi connectivity index (χ3v) is 7.29. The van der Waals surface area contributed by atoms with E-state index in [1.54, 1.807) is 53.7 Å². The fourth-order valence-corrected chi connectivity index (χ4v) is 5.10. The lowest BCUT2D eigenvalue weighted by molar-refractivity contribution is -0.138. The van der Waals surface area contributed by atoms with Gasteiger partial charge < -0.3 is 24.1 Å². The topological polar surface area (TPSA) is 120 Å². The second-order valence-corrected chi connectivity index (χ2v) is 13.9. The third-order valence-electron chi connectivity index (χ3n) is 7.05. The summed E-state index contributed by atoms with van der Waals surface area (Å²) in [5, 5.41) is 11.1. The zero-order valence-electron chi connectivity index (χ0n) is 27.8. The molecule has 3 heterocycles. The summed E-state index contributed by atoms with van der Waals surface area (Å²) in [6.07, 6.45) is -4.38. The largest absolute Gasteiger partial charge is 0.482 e. The minimum absolute atomic E-state index is 0.0425. The van der Waals surface area contributed by atoms with E-state index in [1.807, 2.05) is 0 Å². The number of aliphatic hydroxyl groups is 1. The summed E-state index contributed by atoms with van der Waals surface area (Å²) >= 11 is 6.09. The summed E-state index contributed by atoms with van der Waals surface area (Å²) in [5.41, 5.74) is -3.34. The van der Waals surface area contributed by atoms with Crippen LogP contribution in [0.4, 0.5) is 28.6 Å². The number of aromatic nitrogens is 2. The summed E-state index contributed by atoms with van der Waals surface area (Å²) in [6, 6.07) is 7.82. The van der Waals surface area contributed by atoms with Gasteiger partial charge >= 0.3 is 18.4 Å². The maximum absolute atomic E-state index is 14.0. The van der Waals surface area contributed by atoms with Gasteiger partial charge in [-0.05, 0) is 91.6 Å². The van der Waals surface area contributed by atoms with Gasteiger partial charge in [0, 0.05) is 40.7 Å². The Bertz CT molecular complexity index is 1600. The minimum atomic E-state index is -4.74. The molecular formula is C34H39ClF3N3O7. The molecule has 0 radical (unpaired) electrons. The summed E-state index contributed by atoms with van der Waals surface area (Å²) in [7, 11) is 0. The Morgan fingerprint density at radius 2 is 1.58 bits per heavy atom. The molecule has 1 aromatic carbocycles. The Hall–Kier alpha value is -3.94. The standard InChI is InChI=1S/C34H39ClF3N3O7/c1-20(24-16-23(35)10-11-25(24)34(36,37)38)46-26-15-22(21-9-12-27(39-17-21)33(44)13-8-14-45-19-33)18-40-28(26)41(29(42)47-31(2,3)4)30(43)48-32(5,6)7/h9-12,15-18,20,44H,8,13-14,19H2,1-7H3. The Morgan fingerprint density at radius 3 is 2.10 bits per heavy atom. The van der Waals surface area contributed by atoms with E-state index in [2.05, 4.69) is 9.97 Å². The highest BCUT2D eigenvalue weighted by Gasteiger charge is 2.38. The van der Waals surface area contributed by atoms with Crippen molar-refractivity contribution in [2.45, 2.75) is 90.4 Å². The van der Waals surface area contributed by atoms with E-state index >= 15 is 0 Å². The van der Waals surface area contributed by atoms with Crippen LogP contribution >= 0.6 is 11.6 Å². The van der Waals surface area contributed by atoms with E-state index in [-0.39, 0.29) is 28.8 Å². The zero-order valence-corrected chi connectivity index (χ0v) is 28.5. The van der Waals surface area contributed by atoms with Gasteiger partial charge in [0.15, 0.2) is 11.6 Å². The van der Waals surface area contributed by atoms with Gasteiger partial charge in [0.2, 0.25) is 0 Å². The van der Waals surface area contributed by atoms with Crippen LogP contribution in [-0.4, -0.2) is 51.7 Å². The predicted octanol–water partition coefficient (Wildman–Crippen LogP) is 8.63. The molecule has 3 aromatic rings. The molecule has 2 aromatic heterocycles. The summed E-state index contributed by atoms with van der Waals surface area (Å²) in [4.78, 5) is 36.3. The van der Waals surface area contributed by atoms with Gasteiger partial charge in [-0.2, -0.15) is 18.1 Å². The first-order chi connectivity index (χ1) is 22.2. The van der Waals surface area contributed by atoms with E-state index in [1.165, 1.54) is 25.4 Å². The van der Waals surface area contributed by atoms with Gasteiger partial charge in [-0.25, -0.2) is 14.6 Å². The number of amides is 2. The van der Waals surface area contributed by atoms with Gasteiger partial charge in [-0.3, -0.25) is 4.98 Å².